The molecule has 0 spiro atoms. The highest BCUT2D eigenvalue weighted by molar-refractivity contribution is 5.77. The monoisotopic (exact) mass is 280 g/mol. The molecule has 19 heavy (non-hydrogen) atoms. The van der Waals surface area contributed by atoms with E-state index in [4.69, 9.17) is 4.74 Å². The number of alkyl halides is 2. The Morgan fingerprint density at radius 1 is 0.947 bits per heavy atom. The van der Waals surface area contributed by atoms with Crippen LogP contribution in [0, 0.1) is 5.41 Å². The molecule has 0 bridgehead atoms. The summed E-state index contributed by atoms with van der Waals surface area (Å²) >= 11 is 0. The number of carbonyl (C=O) groups excluding carboxylic acids is 2. The van der Waals surface area contributed by atoms with Gasteiger partial charge in [0.1, 0.15) is 0 Å². The van der Waals surface area contributed by atoms with E-state index in [-0.39, 0.29) is 19.2 Å². The molecule has 0 aliphatic heterocycles. The first-order chi connectivity index (χ1) is 8.61. The molecular weight excluding hydrogens is 258 g/mol. The molecular formula is C13H22F2O4. The molecule has 6 heteroatoms. The van der Waals surface area contributed by atoms with Gasteiger partial charge in [-0.05, 0) is 33.1 Å². The number of ether oxygens (including phenoxy) is 2. The number of unbranched alkanes of at least 4 members (excludes halogenated alkanes) is 1. The normalized spacial score (nSPS) is 12.1. The third-order valence-corrected chi connectivity index (χ3v) is 2.80. The van der Waals surface area contributed by atoms with Gasteiger partial charge in [-0.15, -0.1) is 0 Å². The average Bonchev–Trinajstić information content (AvgIpc) is 2.31. The first-order valence-corrected chi connectivity index (χ1v) is 6.33. The van der Waals surface area contributed by atoms with Crippen molar-refractivity contribution in [1.29, 1.82) is 0 Å². The summed E-state index contributed by atoms with van der Waals surface area (Å²) < 4.78 is 34.3. The molecule has 0 atom stereocenters. The number of esters is 2. The fourth-order valence-electron chi connectivity index (χ4n) is 1.00. The van der Waals surface area contributed by atoms with Crippen LogP contribution in [0.1, 0.15) is 47.0 Å². The Bertz CT molecular complexity index is 308. The summed E-state index contributed by atoms with van der Waals surface area (Å²) in [6.45, 7) is 6.07. The topological polar surface area (TPSA) is 52.6 Å². The third-order valence-electron chi connectivity index (χ3n) is 2.80. The standard InChI is InChI=1S/C13H22F2O4/c1-5-12(2,3)10(16)18-8-6-7-9-19-11(17)13(4,14)15/h5-9H2,1-4H3. The number of carbonyl (C=O) groups is 2. The van der Waals surface area contributed by atoms with Crippen LogP contribution >= 0.6 is 0 Å². The predicted octanol–water partition coefficient (Wildman–Crippen LogP) is 2.94. The Hall–Kier alpha value is -1.20. The fourth-order valence-corrected chi connectivity index (χ4v) is 1.00. The highest BCUT2D eigenvalue weighted by Gasteiger charge is 2.34. The first-order valence-electron chi connectivity index (χ1n) is 6.33. The van der Waals surface area contributed by atoms with Crippen molar-refractivity contribution < 1.29 is 27.8 Å². The van der Waals surface area contributed by atoms with Crippen molar-refractivity contribution in [3.05, 3.63) is 0 Å². The number of hydrogen-bond donors (Lipinski definition) is 0. The number of hydrogen-bond acceptors (Lipinski definition) is 4. The Labute approximate surface area is 112 Å². The number of rotatable bonds is 8. The lowest BCUT2D eigenvalue weighted by atomic mass is 9.91. The van der Waals surface area contributed by atoms with Crippen molar-refractivity contribution in [1.82, 2.24) is 0 Å². The van der Waals surface area contributed by atoms with Crippen molar-refractivity contribution in [3.8, 4) is 0 Å². The van der Waals surface area contributed by atoms with E-state index >= 15 is 0 Å². The van der Waals surface area contributed by atoms with Crippen LogP contribution in [-0.2, 0) is 19.1 Å². The smallest absolute Gasteiger partial charge is 0.376 e. The first kappa shape index (κ1) is 17.8. The van der Waals surface area contributed by atoms with Crippen LogP contribution < -0.4 is 0 Å². The summed E-state index contributed by atoms with van der Waals surface area (Å²) in [6, 6.07) is 0. The van der Waals surface area contributed by atoms with Gasteiger partial charge in [-0.1, -0.05) is 6.92 Å². The second kappa shape index (κ2) is 7.40. The van der Waals surface area contributed by atoms with E-state index in [0.717, 1.165) is 0 Å². The molecule has 0 N–H and O–H groups in total. The summed E-state index contributed by atoms with van der Waals surface area (Å²) in [7, 11) is 0. The van der Waals surface area contributed by atoms with Gasteiger partial charge in [-0.3, -0.25) is 4.79 Å². The average molecular weight is 280 g/mol. The molecule has 0 aromatic heterocycles. The lowest BCUT2D eigenvalue weighted by Gasteiger charge is -2.20. The molecule has 0 saturated carbocycles. The molecule has 0 heterocycles. The molecule has 112 valence electrons. The van der Waals surface area contributed by atoms with Crippen molar-refractivity contribution >= 4 is 11.9 Å². The van der Waals surface area contributed by atoms with Gasteiger partial charge in [0, 0.05) is 6.92 Å². The Morgan fingerprint density at radius 2 is 1.37 bits per heavy atom. The maximum atomic E-state index is 12.4. The van der Waals surface area contributed by atoms with Gasteiger partial charge in [0.25, 0.3) is 0 Å². The van der Waals surface area contributed by atoms with Gasteiger partial charge in [-0.2, -0.15) is 8.78 Å². The summed E-state index contributed by atoms with van der Waals surface area (Å²) in [4.78, 5) is 22.3. The van der Waals surface area contributed by atoms with Gasteiger partial charge in [0.05, 0.1) is 18.6 Å². The largest absolute Gasteiger partial charge is 0.465 e. The molecule has 0 aliphatic carbocycles. The van der Waals surface area contributed by atoms with Crippen LogP contribution in [0.4, 0.5) is 8.78 Å². The van der Waals surface area contributed by atoms with Gasteiger partial charge in [-0.25, -0.2) is 4.79 Å². The molecule has 0 amide bonds. The Morgan fingerprint density at radius 3 is 1.74 bits per heavy atom. The van der Waals surface area contributed by atoms with E-state index < -0.39 is 17.3 Å². The Kier molecular flexibility index (Phi) is 6.94. The van der Waals surface area contributed by atoms with Crippen LogP contribution in [0.3, 0.4) is 0 Å². The number of halogens is 2. The van der Waals surface area contributed by atoms with Gasteiger partial charge < -0.3 is 9.47 Å². The SMILES string of the molecule is CCC(C)(C)C(=O)OCCCCOC(=O)C(C)(F)F. The maximum Gasteiger partial charge on any atom is 0.376 e. The van der Waals surface area contributed by atoms with Crippen LogP contribution in [0.2, 0.25) is 0 Å². The minimum absolute atomic E-state index is 0.100. The second-order valence-corrected chi connectivity index (χ2v) is 5.10. The molecule has 0 radical (unpaired) electrons. The third kappa shape index (κ3) is 7.08. The minimum atomic E-state index is -3.46. The van der Waals surface area contributed by atoms with E-state index in [9.17, 15) is 18.4 Å². The van der Waals surface area contributed by atoms with Crippen molar-refractivity contribution in [2.45, 2.75) is 52.9 Å². The van der Waals surface area contributed by atoms with E-state index in [1.807, 2.05) is 6.92 Å². The molecule has 0 unspecified atom stereocenters. The van der Waals surface area contributed by atoms with Crippen molar-refractivity contribution in [2.75, 3.05) is 13.2 Å². The van der Waals surface area contributed by atoms with Crippen LogP contribution in [0.25, 0.3) is 0 Å². The molecule has 0 saturated heterocycles. The van der Waals surface area contributed by atoms with E-state index in [1.165, 1.54) is 0 Å². The zero-order valence-electron chi connectivity index (χ0n) is 11.9. The molecule has 0 aromatic carbocycles. The molecule has 0 rings (SSSR count). The van der Waals surface area contributed by atoms with Crippen molar-refractivity contribution in [3.63, 3.8) is 0 Å². The zero-order valence-corrected chi connectivity index (χ0v) is 11.9. The fraction of sp³-hybridized carbons (Fsp3) is 0.846. The lowest BCUT2D eigenvalue weighted by molar-refractivity contribution is -0.169. The molecule has 4 nitrogen and oxygen atoms in total. The molecule has 0 aromatic rings. The van der Waals surface area contributed by atoms with E-state index in [1.54, 1.807) is 13.8 Å². The lowest BCUT2D eigenvalue weighted by Crippen LogP contribution is -2.27. The zero-order chi connectivity index (χ0) is 15.1. The molecule has 0 aliphatic rings. The van der Waals surface area contributed by atoms with E-state index in [0.29, 0.717) is 26.2 Å². The van der Waals surface area contributed by atoms with Gasteiger partial charge in [0.2, 0.25) is 0 Å². The quantitative estimate of drug-likeness (QED) is 0.506. The summed E-state index contributed by atoms with van der Waals surface area (Å²) in [5, 5.41) is 0. The van der Waals surface area contributed by atoms with E-state index in [2.05, 4.69) is 4.74 Å². The summed E-state index contributed by atoms with van der Waals surface area (Å²) in [6.07, 6.45) is 1.52. The van der Waals surface area contributed by atoms with Crippen LogP contribution in [0.5, 0.6) is 0 Å². The second-order valence-electron chi connectivity index (χ2n) is 5.10. The van der Waals surface area contributed by atoms with Crippen LogP contribution in [0.15, 0.2) is 0 Å². The van der Waals surface area contributed by atoms with Gasteiger partial charge >= 0.3 is 17.9 Å². The predicted molar refractivity (Wildman–Crippen MR) is 65.8 cm³/mol. The maximum absolute atomic E-state index is 12.4. The van der Waals surface area contributed by atoms with Crippen LogP contribution in [-0.4, -0.2) is 31.1 Å². The van der Waals surface area contributed by atoms with Gasteiger partial charge in [0.15, 0.2) is 0 Å². The highest BCUT2D eigenvalue weighted by Crippen LogP contribution is 2.21. The molecule has 0 fully saturated rings. The Balaban J connectivity index is 3.68. The minimum Gasteiger partial charge on any atom is -0.465 e. The summed E-state index contributed by atoms with van der Waals surface area (Å²) in [5.41, 5.74) is -0.517. The highest BCUT2D eigenvalue weighted by atomic mass is 19.3. The van der Waals surface area contributed by atoms with Crippen molar-refractivity contribution in [2.24, 2.45) is 5.41 Å². The summed E-state index contributed by atoms with van der Waals surface area (Å²) in [5.74, 6) is -5.28.